The lowest BCUT2D eigenvalue weighted by atomic mass is 10.1. The summed E-state index contributed by atoms with van der Waals surface area (Å²) in [6.45, 7) is 6.43. The molecular formula is C24H29N3O5S. The van der Waals surface area contributed by atoms with E-state index in [-0.39, 0.29) is 11.8 Å². The van der Waals surface area contributed by atoms with Gasteiger partial charge in [-0.15, -0.1) is 11.3 Å². The summed E-state index contributed by atoms with van der Waals surface area (Å²) in [6.07, 6.45) is 1.60. The van der Waals surface area contributed by atoms with Gasteiger partial charge in [0.25, 0.3) is 0 Å². The van der Waals surface area contributed by atoms with Crippen LogP contribution >= 0.6 is 11.3 Å². The minimum absolute atomic E-state index is 0.0803. The molecule has 0 aliphatic heterocycles. The molecule has 0 aliphatic rings. The first-order chi connectivity index (χ1) is 15.9. The third-order valence-corrected chi connectivity index (χ3v) is 5.47. The van der Waals surface area contributed by atoms with E-state index in [9.17, 15) is 5.11 Å². The first-order valence-electron chi connectivity index (χ1n) is 10.5. The number of benzene rings is 2. The molecule has 8 nitrogen and oxygen atoms in total. The van der Waals surface area contributed by atoms with Crippen molar-refractivity contribution in [1.29, 1.82) is 0 Å². The molecule has 1 N–H and O–H groups in total. The van der Waals surface area contributed by atoms with Crippen LogP contribution in [0.15, 0.2) is 45.8 Å². The fourth-order valence-corrected chi connectivity index (χ4v) is 4.13. The van der Waals surface area contributed by atoms with Crippen LogP contribution in [0.1, 0.15) is 26.3 Å². The summed E-state index contributed by atoms with van der Waals surface area (Å²) in [4.78, 5) is 5.41. The third kappa shape index (κ3) is 5.48. The maximum Gasteiger partial charge on any atom is 0.206 e. The van der Waals surface area contributed by atoms with Gasteiger partial charge in [-0.2, -0.15) is 5.10 Å². The molecule has 9 heteroatoms. The van der Waals surface area contributed by atoms with Crippen LogP contribution in [0, 0.1) is 0 Å². The molecule has 0 atom stereocenters. The van der Waals surface area contributed by atoms with Crippen molar-refractivity contribution < 1.29 is 24.1 Å². The number of ether oxygens (including phenoxy) is 4. The van der Waals surface area contributed by atoms with Crippen LogP contribution < -0.4 is 23.7 Å². The molecule has 1 heterocycles. The second kappa shape index (κ2) is 10.9. The summed E-state index contributed by atoms with van der Waals surface area (Å²) in [7, 11) is 4.72. The molecule has 3 rings (SSSR count). The Kier molecular flexibility index (Phi) is 8.00. The van der Waals surface area contributed by atoms with Gasteiger partial charge in [-0.1, -0.05) is 0 Å². The topological polar surface area (TPSA) is 86.8 Å². The number of aromatic nitrogens is 1. The van der Waals surface area contributed by atoms with Crippen molar-refractivity contribution in [3.8, 4) is 40.0 Å². The number of hydrogen-bond acceptors (Lipinski definition) is 8. The summed E-state index contributed by atoms with van der Waals surface area (Å²) in [6, 6.07) is 8.93. The molecule has 0 bridgehead atoms. The Morgan fingerprint density at radius 3 is 2.30 bits per heavy atom. The van der Waals surface area contributed by atoms with E-state index in [1.165, 1.54) is 11.3 Å². The number of phenols is 1. The van der Waals surface area contributed by atoms with Gasteiger partial charge in [-0.25, -0.2) is 4.68 Å². The van der Waals surface area contributed by atoms with Gasteiger partial charge in [-0.05, 0) is 45.0 Å². The van der Waals surface area contributed by atoms with Crippen LogP contribution in [0.4, 0.5) is 0 Å². The maximum atomic E-state index is 10.4. The van der Waals surface area contributed by atoms with Gasteiger partial charge in [0, 0.05) is 28.6 Å². The number of phenolic OH excluding ortho intramolecular Hbond substituents is 1. The highest BCUT2D eigenvalue weighted by Crippen LogP contribution is 2.41. The first kappa shape index (κ1) is 24.2. The highest BCUT2D eigenvalue weighted by Gasteiger charge is 2.17. The lowest BCUT2D eigenvalue weighted by Gasteiger charge is -2.14. The van der Waals surface area contributed by atoms with Crippen molar-refractivity contribution in [2.45, 2.75) is 26.8 Å². The quantitative estimate of drug-likeness (QED) is 0.463. The van der Waals surface area contributed by atoms with Crippen molar-refractivity contribution in [3.05, 3.63) is 46.1 Å². The largest absolute Gasteiger partial charge is 0.507 e. The standard InChI is InChI=1S/C24H29N3O5S/c1-7-32-18-9-8-16(20(28)12-18)13-25-27-19(14-33-24(27)26-15(2)3)17-10-21(29-4)23(31-6)22(11-17)30-5/h8-15,28H,7H2,1-6H3. The molecule has 0 saturated carbocycles. The van der Waals surface area contributed by atoms with Gasteiger partial charge in [0.15, 0.2) is 11.5 Å². The highest BCUT2D eigenvalue weighted by molar-refractivity contribution is 7.07. The van der Waals surface area contributed by atoms with Crippen molar-refractivity contribution in [1.82, 2.24) is 4.68 Å². The number of aromatic hydroxyl groups is 1. The van der Waals surface area contributed by atoms with E-state index in [1.54, 1.807) is 50.4 Å². The molecule has 0 saturated heterocycles. The van der Waals surface area contributed by atoms with Gasteiger partial charge in [-0.3, -0.25) is 4.99 Å². The molecule has 176 valence electrons. The lowest BCUT2D eigenvalue weighted by molar-refractivity contribution is 0.324. The van der Waals surface area contributed by atoms with Crippen LogP contribution in [-0.4, -0.2) is 50.0 Å². The van der Waals surface area contributed by atoms with Crippen LogP contribution in [0.25, 0.3) is 11.3 Å². The van der Waals surface area contributed by atoms with Crippen molar-refractivity contribution in [2.75, 3.05) is 27.9 Å². The minimum atomic E-state index is 0.0803. The first-order valence-corrected chi connectivity index (χ1v) is 11.3. The smallest absolute Gasteiger partial charge is 0.206 e. The van der Waals surface area contributed by atoms with Crippen LogP contribution in [0.2, 0.25) is 0 Å². The number of thiazole rings is 1. The second-order valence-corrected chi connectivity index (χ2v) is 8.09. The van der Waals surface area contributed by atoms with E-state index in [4.69, 9.17) is 23.9 Å². The Labute approximate surface area is 197 Å². The second-order valence-electron chi connectivity index (χ2n) is 7.25. The molecule has 0 fully saturated rings. The van der Waals surface area contributed by atoms with E-state index in [2.05, 4.69) is 5.10 Å². The number of hydrogen-bond donors (Lipinski definition) is 1. The molecular weight excluding hydrogens is 442 g/mol. The van der Waals surface area contributed by atoms with Gasteiger partial charge < -0.3 is 24.1 Å². The molecule has 1 aromatic heterocycles. The van der Waals surface area contributed by atoms with Crippen LogP contribution in [0.3, 0.4) is 0 Å². The van der Waals surface area contributed by atoms with Crippen molar-refractivity contribution in [2.24, 2.45) is 10.1 Å². The van der Waals surface area contributed by atoms with Crippen molar-refractivity contribution in [3.63, 3.8) is 0 Å². The fourth-order valence-electron chi connectivity index (χ4n) is 3.16. The van der Waals surface area contributed by atoms with E-state index >= 15 is 0 Å². The average molecular weight is 472 g/mol. The van der Waals surface area contributed by atoms with Crippen LogP contribution in [0.5, 0.6) is 28.7 Å². The monoisotopic (exact) mass is 471 g/mol. The Morgan fingerprint density at radius 1 is 1.06 bits per heavy atom. The Morgan fingerprint density at radius 2 is 1.76 bits per heavy atom. The predicted octanol–water partition coefficient (Wildman–Crippen LogP) is 4.54. The normalized spacial score (nSPS) is 11.9. The van der Waals surface area contributed by atoms with Crippen molar-refractivity contribution >= 4 is 17.6 Å². The van der Waals surface area contributed by atoms with Crippen LogP contribution in [-0.2, 0) is 0 Å². The Bertz CT molecular complexity index is 1170. The molecule has 3 aromatic rings. The zero-order chi connectivity index (χ0) is 24.0. The van der Waals surface area contributed by atoms with Gasteiger partial charge in [0.2, 0.25) is 10.6 Å². The van der Waals surface area contributed by atoms with E-state index in [1.807, 2.05) is 38.3 Å². The molecule has 0 spiro atoms. The van der Waals surface area contributed by atoms with Gasteiger partial charge >= 0.3 is 0 Å². The molecule has 0 unspecified atom stereocenters. The number of rotatable bonds is 9. The average Bonchev–Trinajstić information content (AvgIpc) is 3.19. The lowest BCUT2D eigenvalue weighted by Crippen LogP contribution is -2.14. The predicted molar refractivity (Wildman–Crippen MR) is 130 cm³/mol. The molecule has 0 radical (unpaired) electrons. The highest BCUT2D eigenvalue weighted by atomic mass is 32.1. The molecule has 0 amide bonds. The zero-order valence-electron chi connectivity index (χ0n) is 19.7. The fraction of sp³-hybridized carbons (Fsp3) is 0.333. The zero-order valence-corrected chi connectivity index (χ0v) is 20.5. The molecule has 2 aromatic carbocycles. The molecule has 33 heavy (non-hydrogen) atoms. The third-order valence-electron chi connectivity index (χ3n) is 4.64. The summed E-state index contributed by atoms with van der Waals surface area (Å²) >= 11 is 1.47. The minimum Gasteiger partial charge on any atom is -0.507 e. The Balaban J connectivity index is 2.13. The molecule has 0 aliphatic carbocycles. The number of nitrogens with zero attached hydrogens (tertiary/aromatic N) is 3. The summed E-state index contributed by atoms with van der Waals surface area (Å²) < 4.78 is 23.6. The van der Waals surface area contributed by atoms with Gasteiger partial charge in [0.05, 0.1) is 39.8 Å². The van der Waals surface area contributed by atoms with E-state index < -0.39 is 0 Å². The SMILES string of the molecule is CCOc1ccc(C=Nn2c(-c3cc(OC)c(OC)c(OC)c3)csc2=NC(C)C)c(O)c1. The summed E-state index contributed by atoms with van der Waals surface area (Å²) in [5.74, 6) is 2.28. The van der Waals surface area contributed by atoms with E-state index in [0.717, 1.165) is 16.1 Å². The van der Waals surface area contributed by atoms with Gasteiger partial charge in [0.1, 0.15) is 11.5 Å². The number of methoxy groups -OCH3 is 3. The van der Waals surface area contributed by atoms with E-state index in [0.29, 0.717) is 35.2 Å². The summed E-state index contributed by atoms with van der Waals surface area (Å²) in [5, 5.41) is 17.0. The maximum absolute atomic E-state index is 10.4. The summed E-state index contributed by atoms with van der Waals surface area (Å²) in [5.41, 5.74) is 2.17. The Hall–Kier alpha value is -3.46.